The third-order valence-electron chi connectivity index (χ3n) is 5.28. The fourth-order valence-corrected chi connectivity index (χ4v) is 4.09. The second-order valence-electron chi connectivity index (χ2n) is 7.81. The van der Waals surface area contributed by atoms with Crippen LogP contribution in [-0.4, -0.2) is 30.0 Å². The molecule has 2 aromatic carbocycles. The smallest absolute Gasteiger partial charge is 0.276 e. The first kappa shape index (κ1) is 25.0. The molecule has 8 nitrogen and oxygen atoms in total. The van der Waals surface area contributed by atoms with Crippen molar-refractivity contribution in [1.82, 2.24) is 9.97 Å². The van der Waals surface area contributed by atoms with Crippen LogP contribution in [0.25, 0.3) is 0 Å². The van der Waals surface area contributed by atoms with Gasteiger partial charge in [-0.3, -0.25) is 4.79 Å². The SMILES string of the molecule is CCS(=O)(=O)c1ncc(N(Cc2ccc(F)cc2)Cc2ccco2)c(C(=O)Nc2ccc(F)cc2)n1. The lowest BCUT2D eigenvalue weighted by atomic mass is 10.1. The highest BCUT2D eigenvalue weighted by Gasteiger charge is 2.25. The van der Waals surface area contributed by atoms with E-state index in [2.05, 4.69) is 15.3 Å². The number of aromatic nitrogens is 2. The molecule has 0 saturated carbocycles. The average Bonchev–Trinajstić information content (AvgIpc) is 3.39. The predicted molar refractivity (Wildman–Crippen MR) is 129 cm³/mol. The van der Waals surface area contributed by atoms with Crippen LogP contribution in [-0.2, 0) is 22.9 Å². The van der Waals surface area contributed by atoms with Crippen LogP contribution in [0.2, 0.25) is 0 Å². The Bertz CT molecular complexity index is 1440. The van der Waals surface area contributed by atoms with Crippen molar-refractivity contribution in [3.8, 4) is 0 Å². The number of hydrogen-bond donors (Lipinski definition) is 1. The van der Waals surface area contributed by atoms with Crippen LogP contribution in [0, 0.1) is 11.6 Å². The molecule has 0 aliphatic heterocycles. The number of sulfone groups is 1. The van der Waals surface area contributed by atoms with Gasteiger partial charge in [0.2, 0.25) is 15.0 Å². The van der Waals surface area contributed by atoms with Crippen molar-refractivity contribution in [3.05, 3.63) is 102 Å². The van der Waals surface area contributed by atoms with Crippen LogP contribution in [0.4, 0.5) is 20.2 Å². The van der Waals surface area contributed by atoms with E-state index in [0.29, 0.717) is 11.4 Å². The normalized spacial score (nSPS) is 11.3. The van der Waals surface area contributed by atoms with Crippen molar-refractivity contribution in [2.75, 3.05) is 16.0 Å². The Morgan fingerprint density at radius 1 is 1.00 bits per heavy atom. The second-order valence-corrected chi connectivity index (χ2v) is 9.98. The van der Waals surface area contributed by atoms with E-state index in [-0.39, 0.29) is 30.2 Å². The Morgan fingerprint density at radius 2 is 1.67 bits per heavy atom. The largest absolute Gasteiger partial charge is 0.467 e. The van der Waals surface area contributed by atoms with Crippen molar-refractivity contribution in [2.24, 2.45) is 0 Å². The highest BCUT2D eigenvalue weighted by Crippen LogP contribution is 2.26. The quantitative estimate of drug-likeness (QED) is 0.327. The molecule has 11 heteroatoms. The van der Waals surface area contributed by atoms with Gasteiger partial charge in [0, 0.05) is 12.2 Å². The van der Waals surface area contributed by atoms with Crippen molar-refractivity contribution in [2.45, 2.75) is 25.2 Å². The van der Waals surface area contributed by atoms with Crippen LogP contribution in [0.3, 0.4) is 0 Å². The monoisotopic (exact) mass is 512 g/mol. The first-order chi connectivity index (χ1) is 17.2. The summed E-state index contributed by atoms with van der Waals surface area (Å²) in [5, 5.41) is 2.13. The summed E-state index contributed by atoms with van der Waals surface area (Å²) in [5.74, 6) is -1.27. The first-order valence-corrected chi connectivity index (χ1v) is 12.6. The molecule has 2 heterocycles. The van der Waals surface area contributed by atoms with E-state index in [1.165, 1.54) is 55.8 Å². The van der Waals surface area contributed by atoms with Crippen molar-refractivity contribution in [1.29, 1.82) is 0 Å². The molecule has 0 spiro atoms. The summed E-state index contributed by atoms with van der Waals surface area (Å²) in [6.45, 7) is 1.84. The van der Waals surface area contributed by atoms with Gasteiger partial charge < -0.3 is 14.6 Å². The van der Waals surface area contributed by atoms with Crippen LogP contribution in [0.5, 0.6) is 0 Å². The molecule has 0 aliphatic rings. The zero-order valence-corrected chi connectivity index (χ0v) is 20.0. The maximum Gasteiger partial charge on any atom is 0.276 e. The van der Waals surface area contributed by atoms with Gasteiger partial charge in [-0.2, -0.15) is 0 Å². The minimum atomic E-state index is -3.82. The Hall–Kier alpha value is -4.12. The third-order valence-corrected chi connectivity index (χ3v) is 6.79. The van der Waals surface area contributed by atoms with Gasteiger partial charge in [0.15, 0.2) is 5.69 Å². The molecule has 0 radical (unpaired) electrons. The third kappa shape index (κ3) is 5.92. The maximum atomic E-state index is 13.5. The zero-order chi connectivity index (χ0) is 25.7. The Balaban J connectivity index is 1.78. The number of nitrogens with one attached hydrogen (secondary N) is 1. The highest BCUT2D eigenvalue weighted by atomic mass is 32.2. The molecule has 1 N–H and O–H groups in total. The summed E-state index contributed by atoms with van der Waals surface area (Å²) in [6.07, 6.45) is 2.77. The number of carbonyl (C=O) groups is 1. The average molecular weight is 513 g/mol. The molecule has 4 aromatic rings. The van der Waals surface area contributed by atoms with Crippen molar-refractivity contribution >= 4 is 27.1 Å². The van der Waals surface area contributed by atoms with Crippen molar-refractivity contribution < 1.29 is 26.4 Å². The maximum absolute atomic E-state index is 13.5. The minimum Gasteiger partial charge on any atom is -0.467 e. The molecule has 1 amide bonds. The zero-order valence-electron chi connectivity index (χ0n) is 19.2. The van der Waals surface area contributed by atoms with Crippen LogP contribution < -0.4 is 10.2 Å². The molecule has 0 atom stereocenters. The molecule has 0 aliphatic carbocycles. The van der Waals surface area contributed by atoms with Gasteiger partial charge in [-0.1, -0.05) is 19.1 Å². The van der Waals surface area contributed by atoms with Crippen molar-refractivity contribution in [3.63, 3.8) is 0 Å². The number of anilines is 2. The van der Waals surface area contributed by atoms with Gasteiger partial charge in [-0.05, 0) is 54.1 Å². The van der Waals surface area contributed by atoms with Gasteiger partial charge in [-0.15, -0.1) is 0 Å². The second kappa shape index (κ2) is 10.6. The molecule has 186 valence electrons. The van der Waals surface area contributed by atoms with Gasteiger partial charge in [-0.25, -0.2) is 27.2 Å². The topological polar surface area (TPSA) is 105 Å². The van der Waals surface area contributed by atoms with Gasteiger partial charge in [0.1, 0.15) is 17.4 Å². The molecular formula is C25H22F2N4O4S. The number of nitrogens with zero attached hydrogens (tertiary/aromatic N) is 3. The molecule has 0 unspecified atom stereocenters. The summed E-state index contributed by atoms with van der Waals surface area (Å²) in [7, 11) is -3.82. The molecule has 0 fully saturated rings. The Kier molecular flexibility index (Phi) is 7.39. The lowest BCUT2D eigenvalue weighted by molar-refractivity contribution is 0.102. The Labute approximate surface area is 206 Å². The van der Waals surface area contributed by atoms with Gasteiger partial charge >= 0.3 is 0 Å². The minimum absolute atomic E-state index is 0.185. The lowest BCUT2D eigenvalue weighted by Gasteiger charge is -2.25. The van der Waals surface area contributed by atoms with E-state index >= 15 is 0 Å². The van der Waals surface area contributed by atoms with E-state index in [4.69, 9.17) is 4.42 Å². The summed E-state index contributed by atoms with van der Waals surface area (Å²) in [4.78, 5) is 23.2. The van der Waals surface area contributed by atoms with E-state index < -0.39 is 32.5 Å². The summed E-state index contributed by atoms with van der Waals surface area (Å²) < 4.78 is 57.2. The predicted octanol–water partition coefficient (Wildman–Crippen LogP) is 4.60. The number of benzene rings is 2. The lowest BCUT2D eigenvalue weighted by Crippen LogP contribution is -2.27. The van der Waals surface area contributed by atoms with E-state index in [1.807, 2.05) is 0 Å². The highest BCUT2D eigenvalue weighted by molar-refractivity contribution is 7.91. The standard InChI is InChI=1S/C25H22F2N4O4S/c1-2-36(33,34)25-28-14-22(23(30-25)24(32)29-20-11-9-19(27)10-12-20)31(16-21-4-3-13-35-21)15-17-5-7-18(26)8-6-17/h3-14H,2,15-16H2,1H3,(H,29,32). The van der Waals surface area contributed by atoms with Crippen LogP contribution in [0.1, 0.15) is 28.7 Å². The van der Waals surface area contributed by atoms with E-state index in [0.717, 1.165) is 5.56 Å². The van der Waals surface area contributed by atoms with Crippen LogP contribution >= 0.6 is 0 Å². The molecule has 0 saturated heterocycles. The molecule has 4 rings (SSSR count). The molecule has 36 heavy (non-hydrogen) atoms. The van der Waals surface area contributed by atoms with Gasteiger partial charge in [0.05, 0.1) is 30.4 Å². The number of furan rings is 1. The number of carbonyl (C=O) groups excluding carboxylic acids is 1. The fraction of sp³-hybridized carbons (Fsp3) is 0.160. The fourth-order valence-electron chi connectivity index (χ4n) is 3.39. The first-order valence-electron chi connectivity index (χ1n) is 10.9. The number of amides is 1. The summed E-state index contributed by atoms with van der Waals surface area (Å²) >= 11 is 0. The number of hydrogen-bond acceptors (Lipinski definition) is 7. The molecule has 0 bridgehead atoms. The summed E-state index contributed by atoms with van der Waals surface area (Å²) in [6, 6.07) is 14.4. The number of rotatable bonds is 9. The van der Waals surface area contributed by atoms with E-state index in [9.17, 15) is 22.0 Å². The van der Waals surface area contributed by atoms with Gasteiger partial charge in [0.25, 0.3) is 5.91 Å². The molecule has 2 aromatic heterocycles. The number of halogens is 2. The Morgan fingerprint density at radius 3 is 2.28 bits per heavy atom. The summed E-state index contributed by atoms with van der Waals surface area (Å²) in [5.41, 5.74) is 1.04. The van der Waals surface area contributed by atoms with E-state index in [1.54, 1.807) is 29.2 Å². The molecular weight excluding hydrogens is 490 g/mol. The van der Waals surface area contributed by atoms with Crippen LogP contribution in [0.15, 0.2) is 82.7 Å².